The summed E-state index contributed by atoms with van der Waals surface area (Å²) in [7, 11) is 0. The normalized spacial score (nSPS) is 12.2. The predicted molar refractivity (Wildman–Crippen MR) is 76.4 cm³/mol. The summed E-state index contributed by atoms with van der Waals surface area (Å²) in [5.74, 6) is 0.553. The van der Waals surface area contributed by atoms with Crippen LogP contribution >= 0.6 is 11.6 Å². The Kier molecular flexibility index (Phi) is 4.43. The van der Waals surface area contributed by atoms with Gasteiger partial charge in [0.2, 0.25) is 0 Å². The second kappa shape index (κ2) is 6.07. The second-order valence-corrected chi connectivity index (χ2v) is 4.78. The van der Waals surface area contributed by atoms with Crippen molar-refractivity contribution >= 4 is 11.6 Å². The van der Waals surface area contributed by atoms with Crippen molar-refractivity contribution in [1.29, 1.82) is 0 Å². The summed E-state index contributed by atoms with van der Waals surface area (Å²) in [4.78, 5) is 0. The minimum absolute atomic E-state index is 0.217. The Bertz CT molecular complexity index is 568. The van der Waals surface area contributed by atoms with E-state index in [-0.39, 0.29) is 11.2 Å². The lowest BCUT2D eigenvalue weighted by Gasteiger charge is -2.15. The molecule has 0 N–H and O–H groups in total. The summed E-state index contributed by atoms with van der Waals surface area (Å²) < 4.78 is 18.9. The standard InChI is InChI=1S/C16H16ClFO/c1-3-19-15-7-5-4-6-13(15)16(17)12-8-9-14(18)11(2)10-12/h4-10,16H,3H2,1-2H3. The first-order chi connectivity index (χ1) is 9.13. The van der Waals surface area contributed by atoms with E-state index >= 15 is 0 Å². The topological polar surface area (TPSA) is 9.23 Å². The van der Waals surface area contributed by atoms with Gasteiger partial charge < -0.3 is 4.74 Å². The Morgan fingerprint density at radius 3 is 2.63 bits per heavy atom. The van der Waals surface area contributed by atoms with Crippen molar-refractivity contribution in [2.45, 2.75) is 19.2 Å². The van der Waals surface area contributed by atoms with E-state index in [4.69, 9.17) is 16.3 Å². The van der Waals surface area contributed by atoms with Crippen molar-refractivity contribution < 1.29 is 9.13 Å². The van der Waals surface area contributed by atoms with Crippen molar-refractivity contribution in [3.05, 3.63) is 65.0 Å². The van der Waals surface area contributed by atoms with Gasteiger partial charge in [-0.15, -0.1) is 11.6 Å². The zero-order chi connectivity index (χ0) is 13.8. The maximum Gasteiger partial charge on any atom is 0.126 e. The average molecular weight is 279 g/mol. The van der Waals surface area contributed by atoms with E-state index in [0.29, 0.717) is 12.2 Å². The molecule has 0 fully saturated rings. The molecule has 0 spiro atoms. The van der Waals surface area contributed by atoms with Crippen LogP contribution in [0, 0.1) is 12.7 Å². The fourth-order valence-corrected chi connectivity index (χ4v) is 2.30. The molecule has 19 heavy (non-hydrogen) atoms. The number of alkyl halides is 1. The quantitative estimate of drug-likeness (QED) is 0.726. The Hall–Kier alpha value is -1.54. The molecule has 100 valence electrons. The summed E-state index contributed by atoms with van der Waals surface area (Å²) in [5, 5.41) is -0.345. The minimum Gasteiger partial charge on any atom is -0.494 e. The van der Waals surface area contributed by atoms with Crippen LogP contribution in [0.4, 0.5) is 4.39 Å². The Labute approximate surface area is 118 Å². The zero-order valence-electron chi connectivity index (χ0n) is 11.0. The molecular weight excluding hydrogens is 263 g/mol. The molecule has 0 radical (unpaired) electrons. The number of aryl methyl sites for hydroxylation is 1. The van der Waals surface area contributed by atoms with Crippen molar-refractivity contribution in [2.75, 3.05) is 6.61 Å². The van der Waals surface area contributed by atoms with Crippen LogP contribution in [0.15, 0.2) is 42.5 Å². The first-order valence-electron chi connectivity index (χ1n) is 6.25. The number of ether oxygens (including phenoxy) is 1. The monoisotopic (exact) mass is 278 g/mol. The van der Waals surface area contributed by atoms with Crippen LogP contribution in [-0.2, 0) is 0 Å². The maximum absolute atomic E-state index is 13.3. The van der Waals surface area contributed by atoms with Crippen LogP contribution in [-0.4, -0.2) is 6.61 Å². The molecule has 3 heteroatoms. The third-order valence-electron chi connectivity index (χ3n) is 2.97. The molecule has 2 aromatic rings. The van der Waals surface area contributed by atoms with Gasteiger partial charge in [0, 0.05) is 5.56 Å². The van der Waals surface area contributed by atoms with Gasteiger partial charge in [0.25, 0.3) is 0 Å². The number of halogens is 2. The highest BCUT2D eigenvalue weighted by molar-refractivity contribution is 6.22. The highest BCUT2D eigenvalue weighted by atomic mass is 35.5. The Morgan fingerprint density at radius 2 is 1.95 bits per heavy atom. The van der Waals surface area contributed by atoms with E-state index in [1.165, 1.54) is 6.07 Å². The summed E-state index contributed by atoms with van der Waals surface area (Å²) in [6.45, 7) is 4.25. The number of benzene rings is 2. The summed E-state index contributed by atoms with van der Waals surface area (Å²) in [5.41, 5.74) is 2.36. The molecule has 0 saturated carbocycles. The van der Waals surface area contributed by atoms with Gasteiger partial charge in [-0.2, -0.15) is 0 Å². The van der Waals surface area contributed by atoms with E-state index in [0.717, 1.165) is 16.9 Å². The smallest absolute Gasteiger partial charge is 0.126 e. The van der Waals surface area contributed by atoms with Gasteiger partial charge in [0.05, 0.1) is 12.0 Å². The highest BCUT2D eigenvalue weighted by Gasteiger charge is 2.16. The van der Waals surface area contributed by atoms with Crippen molar-refractivity contribution in [1.82, 2.24) is 0 Å². The maximum atomic E-state index is 13.3. The second-order valence-electron chi connectivity index (χ2n) is 4.34. The number of para-hydroxylation sites is 1. The van der Waals surface area contributed by atoms with Gasteiger partial charge in [-0.1, -0.05) is 30.3 Å². The first-order valence-corrected chi connectivity index (χ1v) is 6.69. The van der Waals surface area contributed by atoms with Crippen LogP contribution in [0.5, 0.6) is 5.75 Å². The van der Waals surface area contributed by atoms with Crippen LogP contribution in [0.2, 0.25) is 0 Å². The van der Waals surface area contributed by atoms with Gasteiger partial charge in [0.1, 0.15) is 11.6 Å². The molecule has 1 nitrogen and oxygen atoms in total. The van der Waals surface area contributed by atoms with Crippen molar-refractivity contribution in [3.8, 4) is 5.75 Å². The van der Waals surface area contributed by atoms with Crippen LogP contribution in [0.3, 0.4) is 0 Å². The number of rotatable bonds is 4. The van der Waals surface area contributed by atoms with E-state index in [9.17, 15) is 4.39 Å². The Morgan fingerprint density at radius 1 is 1.21 bits per heavy atom. The number of hydrogen-bond acceptors (Lipinski definition) is 1. The van der Waals surface area contributed by atoms with Gasteiger partial charge in [-0.25, -0.2) is 4.39 Å². The van der Waals surface area contributed by atoms with Gasteiger partial charge in [-0.3, -0.25) is 0 Å². The third kappa shape index (κ3) is 3.07. The molecule has 1 atom stereocenters. The summed E-state index contributed by atoms with van der Waals surface area (Å²) in [6, 6.07) is 12.6. The fraction of sp³-hybridized carbons (Fsp3) is 0.250. The first kappa shape index (κ1) is 13.9. The third-order valence-corrected chi connectivity index (χ3v) is 3.45. The molecule has 0 amide bonds. The predicted octanol–water partition coefficient (Wildman–Crippen LogP) is 4.86. The van der Waals surface area contributed by atoms with Gasteiger partial charge in [-0.05, 0) is 37.1 Å². The number of hydrogen-bond donors (Lipinski definition) is 0. The van der Waals surface area contributed by atoms with Gasteiger partial charge >= 0.3 is 0 Å². The molecular formula is C16H16ClFO. The fourth-order valence-electron chi connectivity index (χ4n) is 1.98. The lowest BCUT2D eigenvalue weighted by Crippen LogP contribution is -2.00. The lowest BCUT2D eigenvalue weighted by atomic mass is 10.0. The summed E-state index contributed by atoms with van der Waals surface area (Å²) in [6.07, 6.45) is 0. The molecule has 0 bridgehead atoms. The SMILES string of the molecule is CCOc1ccccc1C(Cl)c1ccc(F)c(C)c1. The molecule has 0 aliphatic heterocycles. The highest BCUT2D eigenvalue weighted by Crippen LogP contribution is 2.35. The lowest BCUT2D eigenvalue weighted by molar-refractivity contribution is 0.337. The summed E-state index contributed by atoms with van der Waals surface area (Å²) >= 11 is 6.49. The molecule has 1 unspecified atom stereocenters. The van der Waals surface area contributed by atoms with Crippen LogP contribution < -0.4 is 4.74 Å². The molecule has 2 rings (SSSR count). The molecule has 0 heterocycles. The molecule has 2 aromatic carbocycles. The zero-order valence-corrected chi connectivity index (χ0v) is 11.7. The molecule has 0 aliphatic carbocycles. The van der Waals surface area contributed by atoms with Crippen molar-refractivity contribution in [2.24, 2.45) is 0 Å². The molecule has 0 saturated heterocycles. The van der Waals surface area contributed by atoms with E-state index < -0.39 is 0 Å². The molecule has 0 aliphatic rings. The Balaban J connectivity index is 2.37. The molecule has 0 aromatic heterocycles. The minimum atomic E-state index is -0.345. The van der Waals surface area contributed by atoms with Gasteiger partial charge in [0.15, 0.2) is 0 Å². The van der Waals surface area contributed by atoms with E-state index in [1.807, 2.05) is 31.2 Å². The largest absolute Gasteiger partial charge is 0.494 e. The van der Waals surface area contributed by atoms with Crippen LogP contribution in [0.25, 0.3) is 0 Å². The average Bonchev–Trinajstić information content (AvgIpc) is 2.42. The van der Waals surface area contributed by atoms with E-state index in [2.05, 4.69) is 0 Å². The van der Waals surface area contributed by atoms with Crippen molar-refractivity contribution in [3.63, 3.8) is 0 Å². The van der Waals surface area contributed by atoms with E-state index in [1.54, 1.807) is 19.1 Å². The van der Waals surface area contributed by atoms with Crippen LogP contribution in [0.1, 0.15) is 29.0 Å².